The Balaban J connectivity index is 1.81. The second-order valence-electron chi connectivity index (χ2n) is 5.13. The smallest absolute Gasteiger partial charge is 0.240 e. The van der Waals surface area contributed by atoms with Gasteiger partial charge in [-0.2, -0.15) is 0 Å². The predicted molar refractivity (Wildman–Crippen MR) is 73.3 cm³/mol. The lowest BCUT2D eigenvalue weighted by Gasteiger charge is -2.33. The van der Waals surface area contributed by atoms with Gasteiger partial charge in [-0.15, -0.1) is 11.8 Å². The molecule has 0 saturated carbocycles. The lowest BCUT2D eigenvalue weighted by Crippen LogP contribution is -2.48. The van der Waals surface area contributed by atoms with E-state index in [1.54, 1.807) is 11.8 Å². The van der Waals surface area contributed by atoms with E-state index in [9.17, 15) is 13.2 Å². The van der Waals surface area contributed by atoms with E-state index in [0.29, 0.717) is 13.1 Å². The van der Waals surface area contributed by atoms with Gasteiger partial charge in [0.2, 0.25) is 5.91 Å². The molecule has 0 aliphatic carbocycles. The van der Waals surface area contributed by atoms with Gasteiger partial charge in [0.1, 0.15) is 9.84 Å². The van der Waals surface area contributed by atoms with Crippen molar-refractivity contribution in [3.8, 4) is 0 Å². The van der Waals surface area contributed by atoms with Crippen molar-refractivity contribution in [3.63, 3.8) is 0 Å². The fourth-order valence-corrected chi connectivity index (χ4v) is 4.65. The molecule has 0 radical (unpaired) electrons. The lowest BCUT2D eigenvalue weighted by atomic mass is 9.98. The summed E-state index contributed by atoms with van der Waals surface area (Å²) in [6, 6.07) is -0.0403. The number of hydrogen-bond donors (Lipinski definition) is 1. The summed E-state index contributed by atoms with van der Waals surface area (Å²) in [6.45, 7) is 1.39. The Kier molecular flexibility index (Phi) is 4.55. The minimum absolute atomic E-state index is 0.0403. The van der Waals surface area contributed by atoms with Gasteiger partial charge in [-0.05, 0) is 18.8 Å². The summed E-state index contributed by atoms with van der Waals surface area (Å²) < 4.78 is 22.5. The Morgan fingerprint density at radius 2 is 2.06 bits per heavy atom. The molecule has 2 heterocycles. The molecule has 2 saturated heterocycles. The molecular formula is C11H20N2O3S2. The first-order valence-corrected chi connectivity index (χ1v) is 9.45. The highest BCUT2D eigenvalue weighted by Crippen LogP contribution is 2.21. The van der Waals surface area contributed by atoms with Crippen molar-refractivity contribution in [2.45, 2.75) is 18.9 Å². The molecule has 1 unspecified atom stereocenters. The average Bonchev–Trinajstić information content (AvgIpc) is 2.80. The second-order valence-corrected chi connectivity index (χ2v) is 8.35. The molecule has 2 aliphatic rings. The van der Waals surface area contributed by atoms with E-state index in [2.05, 4.69) is 5.32 Å². The molecule has 7 heteroatoms. The van der Waals surface area contributed by atoms with Crippen LogP contribution in [0.4, 0.5) is 0 Å². The molecule has 18 heavy (non-hydrogen) atoms. The van der Waals surface area contributed by atoms with E-state index in [-0.39, 0.29) is 23.6 Å². The molecule has 0 aromatic rings. The Labute approximate surface area is 113 Å². The number of carbonyl (C=O) groups excluding carboxylic acids is 1. The number of hydrogen-bond acceptors (Lipinski definition) is 5. The minimum Gasteiger partial charge on any atom is -0.341 e. The van der Waals surface area contributed by atoms with Crippen LogP contribution in [-0.2, 0) is 14.6 Å². The lowest BCUT2D eigenvalue weighted by molar-refractivity contribution is -0.133. The van der Waals surface area contributed by atoms with Gasteiger partial charge in [0.25, 0.3) is 0 Å². The quantitative estimate of drug-likeness (QED) is 0.789. The van der Waals surface area contributed by atoms with Gasteiger partial charge < -0.3 is 4.90 Å². The van der Waals surface area contributed by atoms with Crippen LogP contribution in [0.1, 0.15) is 12.8 Å². The zero-order valence-corrected chi connectivity index (χ0v) is 12.2. The van der Waals surface area contributed by atoms with E-state index < -0.39 is 9.84 Å². The number of sulfone groups is 1. The van der Waals surface area contributed by atoms with E-state index in [0.717, 1.165) is 24.5 Å². The van der Waals surface area contributed by atoms with Crippen LogP contribution in [0.15, 0.2) is 0 Å². The predicted octanol–water partition coefficient (Wildman–Crippen LogP) is -0.0679. The monoisotopic (exact) mass is 292 g/mol. The van der Waals surface area contributed by atoms with Crippen molar-refractivity contribution in [2.75, 3.05) is 36.7 Å². The third kappa shape index (κ3) is 3.86. The van der Waals surface area contributed by atoms with Crippen LogP contribution < -0.4 is 5.32 Å². The minimum atomic E-state index is -2.90. The highest BCUT2D eigenvalue weighted by atomic mass is 32.2. The SMILES string of the molecule is CS(=O)(=O)CC1CCN(C(=O)C2CSCN2)CC1. The first kappa shape index (κ1) is 14.1. The summed E-state index contributed by atoms with van der Waals surface area (Å²) in [5, 5.41) is 3.18. The van der Waals surface area contributed by atoms with Gasteiger partial charge in [-0.3, -0.25) is 10.1 Å². The number of carbonyl (C=O) groups is 1. The maximum absolute atomic E-state index is 12.1. The van der Waals surface area contributed by atoms with Crippen molar-refractivity contribution in [1.82, 2.24) is 10.2 Å². The molecule has 5 nitrogen and oxygen atoms in total. The molecule has 1 N–H and O–H groups in total. The molecule has 2 aliphatic heterocycles. The van der Waals surface area contributed by atoms with Gasteiger partial charge >= 0.3 is 0 Å². The van der Waals surface area contributed by atoms with Crippen LogP contribution >= 0.6 is 11.8 Å². The summed E-state index contributed by atoms with van der Waals surface area (Å²) >= 11 is 1.75. The summed E-state index contributed by atoms with van der Waals surface area (Å²) in [5.41, 5.74) is 0. The van der Waals surface area contributed by atoms with E-state index in [1.807, 2.05) is 4.90 Å². The van der Waals surface area contributed by atoms with Gasteiger partial charge in [0, 0.05) is 31.0 Å². The second kappa shape index (κ2) is 5.79. The molecule has 0 aromatic carbocycles. The number of piperidine rings is 1. The van der Waals surface area contributed by atoms with Gasteiger partial charge in [0.05, 0.1) is 11.8 Å². The average molecular weight is 292 g/mol. The van der Waals surface area contributed by atoms with Crippen molar-refractivity contribution >= 4 is 27.5 Å². The number of likely N-dealkylation sites (tertiary alicyclic amines) is 1. The highest BCUT2D eigenvalue weighted by Gasteiger charge is 2.30. The zero-order chi connectivity index (χ0) is 13.2. The standard InChI is InChI=1S/C11H20N2O3S2/c1-18(15,16)7-9-2-4-13(5-3-9)11(14)10-6-17-8-12-10/h9-10,12H,2-8H2,1H3. The maximum Gasteiger partial charge on any atom is 0.240 e. The summed E-state index contributed by atoms with van der Waals surface area (Å²) in [7, 11) is -2.90. The molecule has 104 valence electrons. The number of amides is 1. The molecular weight excluding hydrogens is 272 g/mol. The number of nitrogens with zero attached hydrogens (tertiary/aromatic N) is 1. The number of rotatable bonds is 3. The molecule has 2 fully saturated rings. The maximum atomic E-state index is 12.1. The van der Waals surface area contributed by atoms with Crippen LogP contribution in [0.2, 0.25) is 0 Å². The van der Waals surface area contributed by atoms with Crippen LogP contribution in [0.5, 0.6) is 0 Å². The van der Waals surface area contributed by atoms with Crippen LogP contribution in [-0.4, -0.2) is 62.0 Å². The topological polar surface area (TPSA) is 66.5 Å². The van der Waals surface area contributed by atoms with Crippen molar-refractivity contribution < 1.29 is 13.2 Å². The Bertz CT molecular complexity index is 397. The van der Waals surface area contributed by atoms with Gasteiger partial charge in [0.15, 0.2) is 0 Å². The van der Waals surface area contributed by atoms with E-state index >= 15 is 0 Å². The first-order chi connectivity index (χ1) is 8.46. The largest absolute Gasteiger partial charge is 0.341 e. The summed E-state index contributed by atoms with van der Waals surface area (Å²) in [5.74, 6) is 2.35. The van der Waals surface area contributed by atoms with E-state index in [4.69, 9.17) is 0 Å². The summed E-state index contributed by atoms with van der Waals surface area (Å²) in [6.07, 6.45) is 2.89. The third-order valence-electron chi connectivity index (χ3n) is 3.48. The van der Waals surface area contributed by atoms with E-state index in [1.165, 1.54) is 6.26 Å². The first-order valence-electron chi connectivity index (χ1n) is 6.23. The molecule has 1 amide bonds. The van der Waals surface area contributed by atoms with Crippen LogP contribution in [0.25, 0.3) is 0 Å². The van der Waals surface area contributed by atoms with Gasteiger partial charge in [-0.1, -0.05) is 0 Å². The van der Waals surface area contributed by atoms with Crippen LogP contribution in [0.3, 0.4) is 0 Å². The highest BCUT2D eigenvalue weighted by molar-refractivity contribution is 7.99. The van der Waals surface area contributed by atoms with Crippen molar-refractivity contribution in [2.24, 2.45) is 5.92 Å². The molecule has 2 rings (SSSR count). The fourth-order valence-electron chi connectivity index (χ4n) is 2.52. The molecule has 1 atom stereocenters. The van der Waals surface area contributed by atoms with Crippen LogP contribution in [0, 0.1) is 5.92 Å². The normalized spacial score (nSPS) is 26.5. The molecule has 0 bridgehead atoms. The third-order valence-corrected chi connectivity index (χ3v) is 5.50. The Morgan fingerprint density at radius 3 is 2.56 bits per heavy atom. The van der Waals surface area contributed by atoms with Gasteiger partial charge in [-0.25, -0.2) is 8.42 Å². The molecule has 0 spiro atoms. The Morgan fingerprint density at radius 1 is 1.39 bits per heavy atom. The zero-order valence-electron chi connectivity index (χ0n) is 10.6. The summed E-state index contributed by atoms with van der Waals surface area (Å²) in [4.78, 5) is 14.0. The Hall–Kier alpha value is -0.270. The number of nitrogens with one attached hydrogen (secondary N) is 1. The van der Waals surface area contributed by atoms with Crippen molar-refractivity contribution in [3.05, 3.63) is 0 Å². The molecule has 0 aromatic heterocycles. The van der Waals surface area contributed by atoms with Crippen molar-refractivity contribution in [1.29, 1.82) is 0 Å². The fraction of sp³-hybridized carbons (Fsp3) is 0.909. The number of thioether (sulfide) groups is 1.